The molecule has 3 aliphatic carbocycles. The molecule has 1 unspecified atom stereocenters. The Morgan fingerprint density at radius 3 is 2.23 bits per heavy atom. The van der Waals surface area contributed by atoms with Crippen LogP contribution < -0.4 is 4.74 Å². The number of hydrogen-bond donors (Lipinski definition) is 0. The minimum absolute atomic E-state index is 0.0221. The zero-order chi connectivity index (χ0) is 29.3. The lowest BCUT2D eigenvalue weighted by atomic mass is 9.43. The van der Waals surface area contributed by atoms with Crippen molar-refractivity contribution in [2.24, 2.45) is 17.3 Å². The normalized spacial score (nSPS) is 29.1. The summed E-state index contributed by atoms with van der Waals surface area (Å²) in [5.74, 6) is 1.47. The molecule has 4 aliphatic rings. The molecule has 1 heterocycles. The van der Waals surface area contributed by atoms with E-state index in [1.807, 2.05) is 26.8 Å². The van der Waals surface area contributed by atoms with E-state index in [1.54, 1.807) is 13.2 Å². The molecule has 39 heavy (non-hydrogen) atoms. The highest BCUT2D eigenvalue weighted by molar-refractivity contribution is 6.90. The van der Waals surface area contributed by atoms with Gasteiger partial charge in [0.25, 0.3) is 0 Å². The van der Waals surface area contributed by atoms with Gasteiger partial charge in [0, 0.05) is 5.94 Å². The monoisotopic (exact) mass is 573 g/mol. The summed E-state index contributed by atoms with van der Waals surface area (Å²) in [4.78, 5) is 13.2. The molecule has 1 saturated heterocycles. The summed E-state index contributed by atoms with van der Waals surface area (Å²) in [5.41, 5.74) is 0.894. The van der Waals surface area contributed by atoms with Crippen molar-refractivity contribution in [2.75, 3.05) is 7.11 Å². The molecule has 0 radical (unpaired) electrons. The first-order valence-corrected chi connectivity index (χ1v) is 21.6. The summed E-state index contributed by atoms with van der Waals surface area (Å²) < 4.78 is 28.5. The fraction of sp³-hybridized carbons (Fsp3) is 0.767. The predicted molar refractivity (Wildman–Crippen MR) is 164 cm³/mol. The molecule has 0 amide bonds. The lowest BCUT2D eigenvalue weighted by molar-refractivity contribution is -0.199. The van der Waals surface area contributed by atoms with Crippen LogP contribution in [0.3, 0.4) is 0 Å². The van der Waals surface area contributed by atoms with Crippen molar-refractivity contribution in [3.63, 3.8) is 0 Å². The molecule has 3 saturated carbocycles. The van der Waals surface area contributed by atoms with Crippen molar-refractivity contribution in [1.29, 1.82) is 0 Å². The SMILES string of the molecule is COc1c(C[C@@H](B2OC3C[C@@H]4C[C@@H](C4(C)C)[C@]3(C)O2)N([Si](C)(C)C)[Si](C)(C)C)cccc1C(=O)OC(C)(C)C. The van der Waals surface area contributed by atoms with Crippen molar-refractivity contribution >= 4 is 29.6 Å². The summed E-state index contributed by atoms with van der Waals surface area (Å²) >= 11 is 0. The van der Waals surface area contributed by atoms with Crippen LogP contribution in [0.4, 0.5) is 0 Å². The smallest absolute Gasteiger partial charge is 0.475 e. The first-order valence-electron chi connectivity index (χ1n) is 14.7. The summed E-state index contributed by atoms with van der Waals surface area (Å²) in [6.07, 6.45) is 3.11. The third-order valence-electron chi connectivity index (χ3n) is 9.41. The van der Waals surface area contributed by atoms with Gasteiger partial charge in [-0.05, 0) is 75.8 Å². The lowest BCUT2D eigenvalue weighted by Crippen LogP contribution is -2.68. The number of esters is 1. The Balaban J connectivity index is 1.75. The average molecular weight is 574 g/mol. The topological polar surface area (TPSA) is 57.2 Å². The van der Waals surface area contributed by atoms with Crippen LogP contribution in [-0.4, -0.2) is 64.1 Å². The molecule has 2 bridgehead atoms. The third kappa shape index (κ3) is 5.68. The van der Waals surface area contributed by atoms with Crippen LogP contribution >= 0.6 is 0 Å². The highest BCUT2D eigenvalue weighted by Gasteiger charge is 2.69. The largest absolute Gasteiger partial charge is 0.496 e. The third-order valence-corrected chi connectivity index (χ3v) is 17.0. The second-order valence-electron chi connectivity index (χ2n) is 15.8. The van der Waals surface area contributed by atoms with Crippen LogP contribution in [0.5, 0.6) is 5.75 Å². The van der Waals surface area contributed by atoms with Crippen molar-refractivity contribution in [3.05, 3.63) is 29.3 Å². The number of ether oxygens (including phenoxy) is 2. The molecule has 0 spiro atoms. The van der Waals surface area contributed by atoms with Crippen LogP contribution in [0.2, 0.25) is 39.3 Å². The second kappa shape index (κ2) is 10.0. The number of benzene rings is 1. The molecular formula is C30H52BNO5Si2. The minimum Gasteiger partial charge on any atom is -0.496 e. The number of para-hydroxylation sites is 1. The Kier molecular flexibility index (Phi) is 7.90. The van der Waals surface area contributed by atoms with E-state index in [4.69, 9.17) is 18.8 Å². The Morgan fingerprint density at radius 1 is 1.10 bits per heavy atom. The van der Waals surface area contributed by atoms with E-state index >= 15 is 0 Å². The number of carbonyl (C=O) groups excluding carboxylic acids is 1. The van der Waals surface area contributed by atoms with E-state index < -0.39 is 22.1 Å². The van der Waals surface area contributed by atoms with E-state index in [0.29, 0.717) is 35.0 Å². The van der Waals surface area contributed by atoms with Crippen molar-refractivity contribution in [3.8, 4) is 5.75 Å². The molecule has 1 aromatic rings. The predicted octanol–water partition coefficient (Wildman–Crippen LogP) is 6.80. The van der Waals surface area contributed by atoms with Crippen molar-refractivity contribution in [1.82, 2.24) is 4.23 Å². The zero-order valence-corrected chi connectivity index (χ0v) is 28.7. The van der Waals surface area contributed by atoms with E-state index in [9.17, 15) is 4.79 Å². The quantitative estimate of drug-likeness (QED) is 0.252. The molecule has 4 fully saturated rings. The molecule has 0 N–H and O–H groups in total. The van der Waals surface area contributed by atoms with Crippen molar-refractivity contribution in [2.45, 2.75) is 123 Å². The molecule has 5 atom stereocenters. The number of carbonyl (C=O) groups is 1. The van der Waals surface area contributed by atoms with Crippen LogP contribution in [0.1, 0.15) is 70.3 Å². The van der Waals surface area contributed by atoms with E-state index in [0.717, 1.165) is 12.0 Å². The van der Waals surface area contributed by atoms with Crippen LogP contribution in [0, 0.1) is 17.3 Å². The van der Waals surface area contributed by atoms with Gasteiger partial charge in [0.15, 0.2) is 0 Å². The fourth-order valence-electron chi connectivity index (χ4n) is 8.08. The van der Waals surface area contributed by atoms with Crippen molar-refractivity contribution < 1.29 is 23.6 Å². The van der Waals surface area contributed by atoms with E-state index in [2.05, 4.69) is 70.4 Å². The summed E-state index contributed by atoms with van der Waals surface area (Å²) in [6, 6.07) is 5.82. The number of methoxy groups -OCH3 is 1. The lowest BCUT2D eigenvalue weighted by Gasteiger charge is -2.64. The number of nitrogens with zero attached hydrogens (tertiary/aromatic N) is 1. The van der Waals surface area contributed by atoms with Gasteiger partial charge in [0.1, 0.15) is 33.4 Å². The molecule has 6 nitrogen and oxygen atoms in total. The second-order valence-corrected chi connectivity index (χ2v) is 25.9. The Morgan fingerprint density at radius 2 is 1.72 bits per heavy atom. The molecule has 1 aromatic carbocycles. The highest BCUT2D eigenvalue weighted by atomic mass is 28.4. The average Bonchev–Trinajstić information content (AvgIpc) is 3.12. The van der Waals surface area contributed by atoms with Gasteiger partial charge in [0.2, 0.25) is 0 Å². The molecule has 1 aliphatic heterocycles. The first-order chi connectivity index (χ1) is 17.7. The Hall–Kier alpha value is -1.13. The standard InChI is InChI=1S/C30H52BNO5Si2/c1-28(2,3)35-27(33)22-16-14-15-20(26(22)34-7)17-25(32(38(8,9)10)39(11,12)13)31-36-24-19-21-18-23(29(21,4)5)30(24,6)37-31/h14-16,21,23-25H,17-19H2,1-13H3/t21-,23-,24?,25-,30-/m0/s1. The zero-order valence-electron chi connectivity index (χ0n) is 26.7. The summed E-state index contributed by atoms with van der Waals surface area (Å²) in [7, 11) is -2.30. The number of hydrogen-bond acceptors (Lipinski definition) is 6. The number of rotatable bonds is 8. The van der Waals surface area contributed by atoms with Gasteiger partial charge < -0.3 is 23.0 Å². The maximum absolute atomic E-state index is 13.2. The van der Waals surface area contributed by atoms with Crippen LogP contribution in [-0.2, 0) is 20.5 Å². The maximum Gasteiger partial charge on any atom is 0.475 e. The van der Waals surface area contributed by atoms with Gasteiger partial charge in [-0.3, -0.25) is 0 Å². The summed E-state index contributed by atoms with van der Waals surface area (Å²) in [6.45, 7) is 27.3. The van der Waals surface area contributed by atoms with Gasteiger partial charge in [0.05, 0.1) is 18.8 Å². The molecule has 0 aromatic heterocycles. The van der Waals surface area contributed by atoms with E-state index in [-0.39, 0.29) is 30.7 Å². The molecule has 9 heteroatoms. The minimum atomic E-state index is -1.81. The Bertz CT molecular complexity index is 1080. The van der Waals surface area contributed by atoms with Gasteiger partial charge in [-0.15, -0.1) is 0 Å². The molecular weight excluding hydrogens is 521 g/mol. The van der Waals surface area contributed by atoms with Gasteiger partial charge in [-0.25, -0.2) is 4.79 Å². The molecule has 218 valence electrons. The summed E-state index contributed by atoms with van der Waals surface area (Å²) in [5, 5.41) is 0. The van der Waals surface area contributed by atoms with Gasteiger partial charge in [-0.2, -0.15) is 0 Å². The highest BCUT2D eigenvalue weighted by Crippen LogP contribution is 2.66. The van der Waals surface area contributed by atoms with E-state index in [1.165, 1.54) is 6.42 Å². The Labute approximate surface area is 239 Å². The van der Waals surface area contributed by atoms with Crippen LogP contribution in [0.25, 0.3) is 0 Å². The first kappa shape index (κ1) is 30.8. The van der Waals surface area contributed by atoms with Gasteiger partial charge >= 0.3 is 13.1 Å². The maximum atomic E-state index is 13.2. The fourth-order valence-corrected chi connectivity index (χ4v) is 18.5. The molecule has 5 rings (SSSR count). The van der Waals surface area contributed by atoms with Gasteiger partial charge in [-0.1, -0.05) is 65.3 Å². The van der Waals surface area contributed by atoms with Crippen LogP contribution in [0.15, 0.2) is 18.2 Å².